The third kappa shape index (κ3) is 9.55. The van der Waals surface area contributed by atoms with Gasteiger partial charge >= 0.3 is 5.97 Å². The molecule has 3 rings (SSSR count). The Labute approximate surface area is 240 Å². The molecule has 0 aliphatic rings. The molecule has 0 bridgehead atoms. The highest BCUT2D eigenvalue weighted by Gasteiger charge is 2.26. The van der Waals surface area contributed by atoms with Crippen molar-refractivity contribution < 1.29 is 32.3 Å². The van der Waals surface area contributed by atoms with Crippen LogP contribution in [0.25, 0.3) is 0 Å². The summed E-state index contributed by atoms with van der Waals surface area (Å²) in [6.45, 7) is 4.51. The Morgan fingerprint density at radius 3 is 2.34 bits per heavy atom. The molecule has 0 saturated carbocycles. The zero-order valence-corrected chi connectivity index (χ0v) is 23.9. The molecule has 0 spiro atoms. The van der Waals surface area contributed by atoms with Gasteiger partial charge in [0, 0.05) is 25.3 Å². The molecule has 0 aliphatic heterocycles. The molecule has 0 atom stereocenters. The minimum absolute atomic E-state index is 0.0152. The van der Waals surface area contributed by atoms with Crippen LogP contribution in [0.15, 0.2) is 71.6 Å². The van der Waals surface area contributed by atoms with E-state index in [2.05, 4.69) is 10.0 Å². The smallest absolute Gasteiger partial charge is 0.338 e. The quantitative estimate of drug-likeness (QED) is 0.0639. The Bertz CT molecular complexity index is 1400. The van der Waals surface area contributed by atoms with E-state index in [0.717, 1.165) is 25.7 Å². The van der Waals surface area contributed by atoms with Crippen molar-refractivity contribution in [3.05, 3.63) is 88.0 Å². The molecule has 0 aromatic heterocycles. The van der Waals surface area contributed by atoms with E-state index in [1.807, 2.05) is 19.9 Å². The van der Waals surface area contributed by atoms with Gasteiger partial charge in [0.15, 0.2) is 5.75 Å². The number of unbranched alkanes of at least 4 members (excludes halogenated alkanes) is 2. The molecule has 2 N–H and O–H groups in total. The summed E-state index contributed by atoms with van der Waals surface area (Å²) in [7, 11) is -4.20. The molecule has 3 aromatic carbocycles. The van der Waals surface area contributed by atoms with E-state index >= 15 is 0 Å². The Morgan fingerprint density at radius 1 is 0.976 bits per heavy atom. The zero-order valence-electron chi connectivity index (χ0n) is 23.1. The lowest BCUT2D eigenvalue weighted by atomic mass is 10.1. The molecule has 12 heteroatoms. The summed E-state index contributed by atoms with van der Waals surface area (Å²) in [5.41, 5.74) is 0.740. The molecule has 0 unspecified atom stereocenters. The van der Waals surface area contributed by atoms with Crippen LogP contribution in [-0.2, 0) is 26.1 Å². The Morgan fingerprint density at radius 2 is 1.68 bits per heavy atom. The first-order valence-electron chi connectivity index (χ1n) is 13.4. The number of carbonyl (C=O) groups is 1. The lowest BCUT2D eigenvalue weighted by Gasteiger charge is -2.19. The fraction of sp³-hybridized carbons (Fsp3) is 0.345. The van der Waals surface area contributed by atoms with E-state index in [-0.39, 0.29) is 35.2 Å². The zero-order chi connectivity index (χ0) is 29.7. The van der Waals surface area contributed by atoms with E-state index < -0.39 is 20.9 Å². The minimum atomic E-state index is -4.20. The van der Waals surface area contributed by atoms with Crippen molar-refractivity contribution in [3.63, 3.8) is 0 Å². The molecule has 41 heavy (non-hydrogen) atoms. The number of nitro benzene ring substituents is 1. The standard InChI is InChI=1S/C29H35N3O8S/c1-3-5-16-30-26-18-23(29(33)39-20-22-12-14-24(15-13-22)32(34)35)19-27(28(26)40-25-10-8-7-9-11-25)41(36,37)31-21-38-17-6-4-2/h7-15,18-19,30-31H,3-6,16-17,20-21H2,1-2H3. The number of nitro groups is 1. The Hall–Kier alpha value is -4.00. The third-order valence-electron chi connectivity index (χ3n) is 5.90. The van der Waals surface area contributed by atoms with Crippen molar-refractivity contribution in [1.82, 2.24) is 4.72 Å². The maximum absolute atomic E-state index is 13.5. The molecule has 0 heterocycles. The van der Waals surface area contributed by atoms with Crippen molar-refractivity contribution in [1.29, 1.82) is 0 Å². The second-order valence-corrected chi connectivity index (χ2v) is 10.8. The number of carbonyl (C=O) groups excluding carboxylic acids is 1. The first-order chi connectivity index (χ1) is 19.7. The summed E-state index contributed by atoms with van der Waals surface area (Å²) in [4.78, 5) is 23.2. The average molecular weight is 586 g/mol. The highest BCUT2D eigenvalue weighted by Crippen LogP contribution is 2.38. The van der Waals surface area contributed by atoms with E-state index in [0.29, 0.717) is 30.2 Å². The van der Waals surface area contributed by atoms with Crippen LogP contribution in [0.5, 0.6) is 11.5 Å². The predicted octanol–water partition coefficient (Wildman–Crippen LogP) is 6.01. The number of rotatable bonds is 17. The number of nitrogens with one attached hydrogen (secondary N) is 2. The van der Waals surface area contributed by atoms with E-state index in [1.165, 1.54) is 36.4 Å². The first kappa shape index (κ1) is 31.5. The van der Waals surface area contributed by atoms with Crippen molar-refractivity contribution in [2.24, 2.45) is 0 Å². The second-order valence-electron chi connectivity index (χ2n) is 9.10. The van der Waals surface area contributed by atoms with Crippen LogP contribution >= 0.6 is 0 Å². The van der Waals surface area contributed by atoms with Crippen molar-refractivity contribution in [2.75, 3.05) is 25.2 Å². The van der Waals surface area contributed by atoms with Crippen LogP contribution in [0, 0.1) is 10.1 Å². The molecule has 0 aliphatic carbocycles. The summed E-state index contributed by atoms with van der Waals surface area (Å²) in [6, 6.07) is 17.0. The number of nitrogens with zero attached hydrogens (tertiary/aromatic N) is 1. The number of ether oxygens (including phenoxy) is 3. The van der Waals surface area contributed by atoms with Crippen LogP contribution < -0.4 is 14.8 Å². The lowest BCUT2D eigenvalue weighted by Crippen LogP contribution is -2.27. The van der Waals surface area contributed by atoms with Gasteiger partial charge in [-0.05, 0) is 54.8 Å². The largest absolute Gasteiger partial charge is 0.457 e. The van der Waals surface area contributed by atoms with Gasteiger partial charge in [-0.1, -0.05) is 44.9 Å². The predicted molar refractivity (Wildman–Crippen MR) is 155 cm³/mol. The van der Waals surface area contributed by atoms with Crippen LogP contribution in [-0.4, -0.2) is 39.2 Å². The van der Waals surface area contributed by atoms with E-state index in [9.17, 15) is 23.3 Å². The SMILES string of the molecule is CCCCNc1cc(C(=O)OCc2ccc([N+](=O)[O-])cc2)cc(S(=O)(=O)NCOCCCC)c1Oc1ccccc1. The number of hydrogen-bond donors (Lipinski definition) is 2. The van der Waals surface area contributed by atoms with E-state index in [4.69, 9.17) is 14.2 Å². The first-order valence-corrected chi connectivity index (χ1v) is 14.9. The normalized spacial score (nSPS) is 11.2. The highest BCUT2D eigenvalue weighted by atomic mass is 32.2. The number of non-ortho nitro benzene ring substituents is 1. The number of esters is 1. The molecule has 11 nitrogen and oxygen atoms in total. The Balaban J connectivity index is 1.96. The summed E-state index contributed by atoms with van der Waals surface area (Å²) in [5.74, 6) is -0.334. The topological polar surface area (TPSA) is 146 Å². The van der Waals surface area contributed by atoms with E-state index in [1.54, 1.807) is 24.3 Å². The van der Waals surface area contributed by atoms with Gasteiger partial charge in [-0.15, -0.1) is 0 Å². The molecule has 3 aromatic rings. The summed E-state index contributed by atoms with van der Waals surface area (Å²) in [5, 5.41) is 14.1. The molecule has 0 amide bonds. The minimum Gasteiger partial charge on any atom is -0.457 e. The van der Waals surface area contributed by atoms with Gasteiger partial charge in [0.25, 0.3) is 5.69 Å². The molecule has 220 valence electrons. The monoisotopic (exact) mass is 585 g/mol. The van der Waals surface area contributed by atoms with Crippen molar-refractivity contribution in [2.45, 2.75) is 51.0 Å². The lowest BCUT2D eigenvalue weighted by molar-refractivity contribution is -0.384. The van der Waals surface area contributed by atoms with Gasteiger partial charge in [-0.3, -0.25) is 10.1 Å². The van der Waals surface area contributed by atoms with Crippen LogP contribution in [0.1, 0.15) is 55.5 Å². The van der Waals surface area contributed by atoms with Crippen LogP contribution in [0.4, 0.5) is 11.4 Å². The number of hydrogen-bond acceptors (Lipinski definition) is 9. The van der Waals surface area contributed by atoms with Crippen LogP contribution in [0.2, 0.25) is 0 Å². The highest BCUT2D eigenvalue weighted by molar-refractivity contribution is 7.89. The number of anilines is 1. The fourth-order valence-corrected chi connectivity index (χ4v) is 4.70. The average Bonchev–Trinajstić information content (AvgIpc) is 2.97. The third-order valence-corrected chi connectivity index (χ3v) is 7.28. The number of benzene rings is 3. The van der Waals surface area contributed by atoms with Gasteiger partial charge in [0.2, 0.25) is 10.0 Å². The van der Waals surface area contributed by atoms with Crippen LogP contribution in [0.3, 0.4) is 0 Å². The number of para-hydroxylation sites is 1. The van der Waals surface area contributed by atoms with Gasteiger partial charge in [-0.25, -0.2) is 13.2 Å². The molecular formula is C29H35N3O8S. The second kappa shape index (κ2) is 15.7. The van der Waals surface area contributed by atoms with Crippen molar-refractivity contribution in [3.8, 4) is 11.5 Å². The number of sulfonamides is 1. The summed E-state index contributed by atoms with van der Waals surface area (Å²) >= 11 is 0. The van der Waals surface area contributed by atoms with Crippen molar-refractivity contribution >= 4 is 27.4 Å². The molecule has 0 saturated heterocycles. The maximum Gasteiger partial charge on any atom is 0.338 e. The fourth-order valence-electron chi connectivity index (χ4n) is 3.62. The van der Waals surface area contributed by atoms with Gasteiger partial charge in [-0.2, -0.15) is 4.72 Å². The molecule has 0 fully saturated rings. The van der Waals surface area contributed by atoms with Gasteiger partial charge in [0.1, 0.15) is 24.0 Å². The maximum atomic E-state index is 13.5. The summed E-state index contributed by atoms with van der Waals surface area (Å²) in [6.07, 6.45) is 3.37. The van der Waals surface area contributed by atoms with Gasteiger partial charge in [0.05, 0.1) is 16.2 Å². The Kier molecular flexibility index (Phi) is 12.1. The molecular weight excluding hydrogens is 550 g/mol. The van der Waals surface area contributed by atoms with Gasteiger partial charge < -0.3 is 19.5 Å². The molecule has 0 radical (unpaired) electrons. The summed E-state index contributed by atoms with van der Waals surface area (Å²) < 4.78 is 46.3.